The van der Waals surface area contributed by atoms with Crippen LogP contribution in [0.1, 0.15) is 36.6 Å². The van der Waals surface area contributed by atoms with E-state index in [2.05, 4.69) is 39.0 Å². The summed E-state index contributed by atoms with van der Waals surface area (Å²) < 4.78 is 5.77. The third-order valence-electron chi connectivity index (χ3n) is 2.68. The lowest BCUT2D eigenvalue weighted by Crippen LogP contribution is -2.22. The van der Waals surface area contributed by atoms with Gasteiger partial charge in [-0.2, -0.15) is 0 Å². The molecule has 1 aromatic rings. The van der Waals surface area contributed by atoms with Crippen LogP contribution >= 0.6 is 0 Å². The van der Waals surface area contributed by atoms with E-state index < -0.39 is 0 Å². The van der Waals surface area contributed by atoms with Crippen molar-refractivity contribution in [3.63, 3.8) is 0 Å². The number of fused-ring (bicyclic) bond motifs is 1. The molecule has 70 valence electrons. The van der Waals surface area contributed by atoms with Crippen LogP contribution in [-0.4, -0.2) is 6.10 Å². The number of ether oxygens (including phenoxy) is 1. The van der Waals surface area contributed by atoms with Crippen molar-refractivity contribution in [3.05, 3.63) is 34.9 Å². The fraction of sp³-hybridized carbons (Fsp3) is 0.500. The Hall–Kier alpha value is -0.820. The van der Waals surface area contributed by atoms with Crippen LogP contribution in [0.5, 0.6) is 0 Å². The zero-order valence-corrected chi connectivity index (χ0v) is 8.50. The van der Waals surface area contributed by atoms with Crippen LogP contribution < -0.4 is 0 Å². The van der Waals surface area contributed by atoms with E-state index in [1.165, 1.54) is 16.7 Å². The van der Waals surface area contributed by atoms with Crippen LogP contribution in [-0.2, 0) is 11.2 Å². The summed E-state index contributed by atoms with van der Waals surface area (Å²) in [5.41, 5.74) is 4.15. The molecule has 0 radical (unpaired) electrons. The van der Waals surface area contributed by atoms with Gasteiger partial charge < -0.3 is 4.74 Å². The molecular formula is C12H16O. The summed E-state index contributed by atoms with van der Waals surface area (Å²) in [6.45, 7) is 6.40. The van der Waals surface area contributed by atoms with Crippen molar-refractivity contribution in [1.29, 1.82) is 0 Å². The number of hydrogen-bond donors (Lipinski definition) is 0. The number of hydrogen-bond acceptors (Lipinski definition) is 1. The molecule has 0 saturated heterocycles. The van der Waals surface area contributed by atoms with Crippen molar-refractivity contribution >= 4 is 0 Å². The molecule has 1 heterocycles. The van der Waals surface area contributed by atoms with Gasteiger partial charge in [-0.15, -0.1) is 0 Å². The SMILES string of the molecule is Cc1ccc2c(c1)C(C)OC(C)C2. The maximum Gasteiger partial charge on any atom is 0.0803 e. The first-order chi connectivity index (χ1) is 6.16. The molecule has 0 saturated carbocycles. The highest BCUT2D eigenvalue weighted by molar-refractivity contribution is 5.34. The minimum absolute atomic E-state index is 0.263. The molecule has 1 nitrogen and oxygen atoms in total. The Labute approximate surface area is 79.7 Å². The van der Waals surface area contributed by atoms with Gasteiger partial charge in [0, 0.05) is 0 Å². The normalized spacial score (nSPS) is 27.0. The van der Waals surface area contributed by atoms with Crippen LogP contribution in [0.25, 0.3) is 0 Å². The quantitative estimate of drug-likeness (QED) is 0.590. The van der Waals surface area contributed by atoms with Gasteiger partial charge in [0.15, 0.2) is 0 Å². The largest absolute Gasteiger partial charge is 0.371 e. The smallest absolute Gasteiger partial charge is 0.0803 e. The van der Waals surface area contributed by atoms with Crippen LogP contribution in [0.4, 0.5) is 0 Å². The molecular weight excluding hydrogens is 160 g/mol. The monoisotopic (exact) mass is 176 g/mol. The molecule has 1 aliphatic heterocycles. The van der Waals surface area contributed by atoms with Crippen molar-refractivity contribution in [2.45, 2.75) is 39.4 Å². The summed E-state index contributed by atoms with van der Waals surface area (Å²) in [6.07, 6.45) is 1.68. The van der Waals surface area contributed by atoms with Gasteiger partial charge >= 0.3 is 0 Å². The minimum atomic E-state index is 0.263. The highest BCUT2D eigenvalue weighted by Gasteiger charge is 2.21. The molecule has 0 aromatic heterocycles. The predicted molar refractivity (Wildman–Crippen MR) is 53.8 cm³/mol. The number of rotatable bonds is 0. The molecule has 0 fully saturated rings. The van der Waals surface area contributed by atoms with Crippen LogP contribution in [0.2, 0.25) is 0 Å². The molecule has 0 aliphatic carbocycles. The molecule has 1 aliphatic rings. The molecule has 13 heavy (non-hydrogen) atoms. The van der Waals surface area contributed by atoms with E-state index in [1.807, 2.05) is 0 Å². The van der Waals surface area contributed by atoms with Gasteiger partial charge in [-0.05, 0) is 38.3 Å². The topological polar surface area (TPSA) is 9.23 Å². The van der Waals surface area contributed by atoms with E-state index in [9.17, 15) is 0 Å². The highest BCUT2D eigenvalue weighted by atomic mass is 16.5. The summed E-state index contributed by atoms with van der Waals surface area (Å²) >= 11 is 0. The van der Waals surface area contributed by atoms with Crippen LogP contribution in [0.15, 0.2) is 18.2 Å². The number of benzene rings is 1. The van der Waals surface area contributed by atoms with Crippen molar-refractivity contribution < 1.29 is 4.74 Å². The molecule has 0 N–H and O–H groups in total. The van der Waals surface area contributed by atoms with E-state index >= 15 is 0 Å². The van der Waals surface area contributed by atoms with E-state index in [4.69, 9.17) is 4.74 Å². The summed E-state index contributed by atoms with van der Waals surface area (Å²) in [7, 11) is 0. The van der Waals surface area contributed by atoms with Crippen molar-refractivity contribution in [2.24, 2.45) is 0 Å². The summed E-state index contributed by atoms with van der Waals surface area (Å²) in [4.78, 5) is 0. The molecule has 2 unspecified atom stereocenters. The van der Waals surface area contributed by atoms with Gasteiger partial charge in [0.1, 0.15) is 0 Å². The predicted octanol–water partition coefficient (Wildman–Crippen LogP) is 3.02. The second-order valence-corrected chi connectivity index (χ2v) is 4.00. The molecule has 2 atom stereocenters. The summed E-state index contributed by atoms with van der Waals surface area (Å²) in [5, 5.41) is 0. The zero-order valence-electron chi connectivity index (χ0n) is 8.50. The summed E-state index contributed by atoms with van der Waals surface area (Å²) in [5.74, 6) is 0. The zero-order chi connectivity index (χ0) is 9.42. The van der Waals surface area contributed by atoms with Crippen LogP contribution in [0.3, 0.4) is 0 Å². The number of aryl methyl sites for hydroxylation is 1. The maximum absolute atomic E-state index is 5.77. The Morgan fingerprint density at radius 3 is 2.85 bits per heavy atom. The molecule has 0 amide bonds. The third-order valence-corrected chi connectivity index (χ3v) is 2.68. The lowest BCUT2D eigenvalue weighted by Gasteiger charge is -2.28. The van der Waals surface area contributed by atoms with Crippen molar-refractivity contribution in [3.8, 4) is 0 Å². The first-order valence-corrected chi connectivity index (χ1v) is 4.91. The van der Waals surface area contributed by atoms with E-state index in [0.717, 1.165) is 6.42 Å². The molecule has 1 heteroatoms. The van der Waals surface area contributed by atoms with Gasteiger partial charge in [0.25, 0.3) is 0 Å². The second-order valence-electron chi connectivity index (χ2n) is 4.00. The van der Waals surface area contributed by atoms with Crippen LogP contribution in [0, 0.1) is 6.92 Å². The summed E-state index contributed by atoms with van der Waals surface area (Å²) in [6, 6.07) is 6.66. The van der Waals surface area contributed by atoms with Gasteiger partial charge in [0.2, 0.25) is 0 Å². The standard InChI is InChI=1S/C12H16O/c1-8-4-5-11-7-9(2)13-10(3)12(11)6-8/h4-6,9-10H,7H2,1-3H3. The highest BCUT2D eigenvalue weighted by Crippen LogP contribution is 2.30. The maximum atomic E-state index is 5.77. The van der Waals surface area contributed by atoms with Gasteiger partial charge in [-0.1, -0.05) is 23.8 Å². The molecule has 1 aromatic carbocycles. The van der Waals surface area contributed by atoms with Gasteiger partial charge in [-0.3, -0.25) is 0 Å². The first kappa shape index (κ1) is 8.76. The fourth-order valence-corrected chi connectivity index (χ4v) is 2.06. The molecule has 0 spiro atoms. The average Bonchev–Trinajstić information content (AvgIpc) is 2.06. The Morgan fingerprint density at radius 1 is 1.31 bits per heavy atom. The first-order valence-electron chi connectivity index (χ1n) is 4.91. The molecule has 0 bridgehead atoms. The van der Waals surface area contributed by atoms with Gasteiger partial charge in [0.05, 0.1) is 12.2 Å². The second kappa shape index (κ2) is 3.15. The average molecular weight is 176 g/mol. The van der Waals surface area contributed by atoms with E-state index in [-0.39, 0.29) is 6.10 Å². The third kappa shape index (κ3) is 1.61. The Kier molecular flexibility index (Phi) is 2.12. The molecule has 2 rings (SSSR count). The van der Waals surface area contributed by atoms with Crippen molar-refractivity contribution in [2.75, 3.05) is 0 Å². The Balaban J connectivity index is 2.43. The van der Waals surface area contributed by atoms with Gasteiger partial charge in [-0.25, -0.2) is 0 Å². The lowest BCUT2D eigenvalue weighted by molar-refractivity contribution is -0.00472. The van der Waals surface area contributed by atoms with Crippen molar-refractivity contribution in [1.82, 2.24) is 0 Å². The van der Waals surface area contributed by atoms with E-state index in [1.54, 1.807) is 0 Å². The minimum Gasteiger partial charge on any atom is -0.371 e. The Bertz CT molecular complexity index is 317. The Morgan fingerprint density at radius 2 is 2.08 bits per heavy atom. The van der Waals surface area contributed by atoms with E-state index in [0.29, 0.717) is 6.10 Å². The lowest BCUT2D eigenvalue weighted by atomic mass is 9.94. The fourth-order valence-electron chi connectivity index (χ4n) is 2.06.